The van der Waals surface area contributed by atoms with Crippen molar-refractivity contribution in [1.82, 2.24) is 10.3 Å². The highest BCUT2D eigenvalue weighted by Gasteiger charge is 2.23. The number of halogens is 1. The molecule has 0 saturated heterocycles. The van der Waals surface area contributed by atoms with Crippen LogP contribution in [-0.2, 0) is 22.4 Å². The maximum absolute atomic E-state index is 9.64. The van der Waals surface area contributed by atoms with E-state index in [-0.39, 0.29) is 18.1 Å². The predicted molar refractivity (Wildman–Crippen MR) is 116 cm³/mol. The van der Waals surface area contributed by atoms with Crippen molar-refractivity contribution >= 4 is 35.3 Å². The molecule has 3 rings (SSSR count). The number of pyridine rings is 1. The Morgan fingerprint density at radius 3 is 2.41 bits per heavy atom. The van der Waals surface area contributed by atoms with E-state index in [0.29, 0.717) is 0 Å². The SMILES string of the molecule is CSC(c1ccccn1)c1c(Cl)ccc2c1CCNCC2.O=C(O)CCC(=O)O. The largest absolute Gasteiger partial charge is 0.481 e. The predicted octanol–water partition coefficient (Wildman–Crippen LogP) is 3.81. The Morgan fingerprint density at radius 2 is 1.83 bits per heavy atom. The van der Waals surface area contributed by atoms with Crippen molar-refractivity contribution in [2.75, 3.05) is 19.3 Å². The van der Waals surface area contributed by atoms with Gasteiger partial charge in [0.1, 0.15) is 0 Å². The van der Waals surface area contributed by atoms with E-state index in [4.69, 9.17) is 21.8 Å². The quantitative estimate of drug-likeness (QED) is 0.633. The van der Waals surface area contributed by atoms with Gasteiger partial charge in [-0.2, -0.15) is 11.8 Å². The second-order valence-electron chi connectivity index (χ2n) is 6.51. The fraction of sp³-hybridized carbons (Fsp3) is 0.381. The van der Waals surface area contributed by atoms with Crippen LogP contribution in [0.4, 0.5) is 0 Å². The first kappa shape index (κ1) is 23.2. The van der Waals surface area contributed by atoms with Crippen molar-refractivity contribution in [2.24, 2.45) is 0 Å². The van der Waals surface area contributed by atoms with Crippen LogP contribution in [0.15, 0.2) is 36.5 Å². The standard InChI is InChI=1S/C17H19ClN2S.C4H6O4/c1-21-17(15-4-2-3-9-20-15)16-13-8-11-19-10-7-12(13)5-6-14(16)18;5-3(6)1-2-4(7)8/h2-6,9,17,19H,7-8,10-11H2,1H3;1-2H2,(H,5,6)(H,7,8). The number of hydrogen-bond donors (Lipinski definition) is 3. The van der Waals surface area contributed by atoms with E-state index in [9.17, 15) is 9.59 Å². The van der Waals surface area contributed by atoms with Crippen molar-refractivity contribution in [3.63, 3.8) is 0 Å². The minimum Gasteiger partial charge on any atom is -0.481 e. The number of aliphatic carboxylic acids is 2. The molecule has 8 heteroatoms. The summed E-state index contributed by atoms with van der Waals surface area (Å²) in [5.41, 5.74) is 5.17. The minimum atomic E-state index is -1.08. The molecule has 2 heterocycles. The van der Waals surface area contributed by atoms with Gasteiger partial charge in [-0.3, -0.25) is 14.6 Å². The highest BCUT2D eigenvalue weighted by atomic mass is 35.5. The summed E-state index contributed by atoms with van der Waals surface area (Å²) in [7, 11) is 0. The molecule has 156 valence electrons. The van der Waals surface area contributed by atoms with Crippen LogP contribution in [0.1, 0.15) is 40.5 Å². The molecule has 0 bridgehead atoms. The number of carbonyl (C=O) groups is 2. The first-order valence-electron chi connectivity index (χ1n) is 9.32. The number of thioether (sulfide) groups is 1. The number of benzene rings is 1. The Balaban J connectivity index is 0.000000321. The smallest absolute Gasteiger partial charge is 0.303 e. The molecule has 1 aromatic carbocycles. The van der Waals surface area contributed by atoms with Gasteiger partial charge >= 0.3 is 11.9 Å². The molecule has 0 amide bonds. The van der Waals surface area contributed by atoms with E-state index in [1.807, 2.05) is 24.4 Å². The number of hydrogen-bond acceptors (Lipinski definition) is 5. The molecule has 0 aliphatic carbocycles. The van der Waals surface area contributed by atoms with E-state index in [2.05, 4.69) is 28.7 Å². The van der Waals surface area contributed by atoms with Gasteiger partial charge in [-0.15, -0.1) is 0 Å². The van der Waals surface area contributed by atoms with Crippen LogP contribution in [0.2, 0.25) is 5.02 Å². The van der Waals surface area contributed by atoms with Gasteiger partial charge in [0.05, 0.1) is 23.8 Å². The molecule has 1 unspecified atom stereocenters. The Bertz CT molecular complexity index is 819. The number of nitrogens with one attached hydrogen (secondary N) is 1. The summed E-state index contributed by atoms with van der Waals surface area (Å²) >= 11 is 8.38. The van der Waals surface area contributed by atoms with E-state index >= 15 is 0 Å². The number of rotatable bonds is 6. The lowest BCUT2D eigenvalue weighted by Crippen LogP contribution is -2.16. The van der Waals surface area contributed by atoms with Gasteiger partial charge in [-0.05, 0) is 67.1 Å². The fourth-order valence-corrected chi connectivity index (χ4v) is 4.42. The molecule has 2 aromatic rings. The first-order valence-corrected chi connectivity index (χ1v) is 11.0. The van der Waals surface area contributed by atoms with Crippen LogP contribution in [0.3, 0.4) is 0 Å². The lowest BCUT2D eigenvalue weighted by molar-refractivity contribution is -0.143. The topological polar surface area (TPSA) is 99.5 Å². The van der Waals surface area contributed by atoms with Crippen molar-refractivity contribution in [1.29, 1.82) is 0 Å². The molecule has 29 heavy (non-hydrogen) atoms. The molecule has 1 aliphatic heterocycles. The third-order valence-corrected chi connectivity index (χ3v) is 5.81. The lowest BCUT2D eigenvalue weighted by Gasteiger charge is -2.21. The summed E-state index contributed by atoms with van der Waals surface area (Å²) in [6, 6.07) is 10.3. The van der Waals surface area contributed by atoms with E-state index in [0.717, 1.165) is 36.6 Å². The summed E-state index contributed by atoms with van der Waals surface area (Å²) in [6.45, 7) is 2.06. The Hall–Kier alpha value is -2.09. The van der Waals surface area contributed by atoms with Crippen molar-refractivity contribution in [3.05, 3.63) is 63.9 Å². The zero-order valence-electron chi connectivity index (χ0n) is 16.2. The molecule has 1 aromatic heterocycles. The van der Waals surface area contributed by atoms with Crippen molar-refractivity contribution < 1.29 is 19.8 Å². The van der Waals surface area contributed by atoms with Crippen molar-refractivity contribution in [2.45, 2.75) is 30.9 Å². The molecule has 0 fully saturated rings. The summed E-state index contributed by atoms with van der Waals surface area (Å²) in [4.78, 5) is 23.8. The van der Waals surface area contributed by atoms with E-state index in [1.165, 1.54) is 16.7 Å². The molecular formula is C21H25ClN2O4S. The first-order chi connectivity index (χ1) is 13.9. The third kappa shape index (κ3) is 7.03. The van der Waals surface area contributed by atoms with E-state index in [1.54, 1.807) is 11.8 Å². The average molecular weight is 437 g/mol. The second-order valence-corrected chi connectivity index (χ2v) is 7.86. The monoisotopic (exact) mass is 436 g/mol. The van der Waals surface area contributed by atoms with Gasteiger partial charge in [0.25, 0.3) is 0 Å². The van der Waals surface area contributed by atoms with Gasteiger partial charge in [0.2, 0.25) is 0 Å². The molecule has 1 aliphatic rings. The summed E-state index contributed by atoms with van der Waals surface area (Å²) in [6.07, 6.45) is 5.50. The maximum Gasteiger partial charge on any atom is 0.303 e. The van der Waals surface area contributed by atoms with Gasteiger partial charge in [-0.1, -0.05) is 23.7 Å². The third-order valence-electron chi connectivity index (χ3n) is 4.53. The van der Waals surface area contributed by atoms with Gasteiger partial charge in [0.15, 0.2) is 0 Å². The lowest BCUT2D eigenvalue weighted by atomic mass is 9.94. The number of aromatic nitrogens is 1. The molecule has 0 saturated carbocycles. The van der Waals surface area contributed by atoms with Gasteiger partial charge in [0, 0.05) is 11.2 Å². The normalized spacial score (nSPS) is 14.0. The fourth-order valence-electron chi connectivity index (χ4n) is 3.19. The van der Waals surface area contributed by atoms with Crippen LogP contribution in [0.5, 0.6) is 0 Å². The highest BCUT2D eigenvalue weighted by Crippen LogP contribution is 2.40. The number of carboxylic acids is 2. The second kappa shape index (κ2) is 11.8. The average Bonchev–Trinajstić information content (AvgIpc) is 2.95. The zero-order chi connectivity index (χ0) is 21.2. The van der Waals surface area contributed by atoms with Crippen LogP contribution in [0.25, 0.3) is 0 Å². The van der Waals surface area contributed by atoms with Crippen LogP contribution in [0, 0.1) is 0 Å². The molecule has 0 radical (unpaired) electrons. The van der Waals surface area contributed by atoms with Gasteiger partial charge in [-0.25, -0.2) is 0 Å². The van der Waals surface area contributed by atoms with Crippen LogP contribution < -0.4 is 5.32 Å². The maximum atomic E-state index is 9.64. The molecular weight excluding hydrogens is 412 g/mol. The van der Waals surface area contributed by atoms with E-state index < -0.39 is 11.9 Å². The number of nitrogens with zero attached hydrogens (tertiary/aromatic N) is 1. The Labute approximate surface area is 179 Å². The zero-order valence-corrected chi connectivity index (χ0v) is 17.8. The summed E-state index contributed by atoms with van der Waals surface area (Å²) < 4.78 is 0. The summed E-state index contributed by atoms with van der Waals surface area (Å²) in [5.74, 6) is -2.15. The number of fused-ring (bicyclic) bond motifs is 1. The molecule has 1 atom stereocenters. The minimum absolute atomic E-state index is 0.201. The summed E-state index contributed by atoms with van der Waals surface area (Å²) in [5, 5.41) is 20.3. The Morgan fingerprint density at radius 1 is 1.14 bits per heavy atom. The van der Waals surface area contributed by atoms with Gasteiger partial charge < -0.3 is 15.5 Å². The van der Waals surface area contributed by atoms with Crippen molar-refractivity contribution in [3.8, 4) is 0 Å². The number of carboxylic acid groups (broad SMARTS) is 2. The Kier molecular flexibility index (Phi) is 9.44. The molecule has 0 spiro atoms. The molecule has 3 N–H and O–H groups in total. The van der Waals surface area contributed by atoms with Crippen LogP contribution in [-0.4, -0.2) is 46.5 Å². The highest BCUT2D eigenvalue weighted by molar-refractivity contribution is 7.99. The molecule has 6 nitrogen and oxygen atoms in total. The van der Waals surface area contributed by atoms with Crippen LogP contribution >= 0.6 is 23.4 Å².